The highest BCUT2D eigenvalue weighted by molar-refractivity contribution is 5.76. The Morgan fingerprint density at radius 3 is 2.52 bits per heavy atom. The molecule has 1 saturated heterocycles. The number of unbranched alkanes of at least 4 members (excludes halogenated alkanes) is 1. The summed E-state index contributed by atoms with van der Waals surface area (Å²) < 4.78 is 6.01. The van der Waals surface area contributed by atoms with Crippen LogP contribution in [0.4, 0.5) is 0 Å². The molecule has 0 N–H and O–H groups in total. The molecule has 1 aromatic heterocycles. The third-order valence-corrected chi connectivity index (χ3v) is 5.28. The van der Waals surface area contributed by atoms with Crippen molar-refractivity contribution in [3.05, 3.63) is 11.8 Å². The molecule has 0 spiro atoms. The van der Waals surface area contributed by atoms with Crippen LogP contribution in [0.25, 0.3) is 0 Å². The number of rotatable bonds is 5. The Hall–Kier alpha value is -1.39. The molecule has 0 radical (unpaired) electrons. The van der Waals surface area contributed by atoms with Crippen molar-refractivity contribution in [2.45, 2.75) is 83.0 Å². The highest BCUT2D eigenvalue weighted by Crippen LogP contribution is 2.34. The fraction of sp³-hybridized carbons (Fsp3) is 0.833. The zero-order chi connectivity index (χ0) is 16.1. The van der Waals surface area contributed by atoms with Crippen LogP contribution in [-0.4, -0.2) is 34.1 Å². The van der Waals surface area contributed by atoms with E-state index in [0.717, 1.165) is 50.6 Å². The number of carbonyl (C=O) groups excluding carboxylic acids is 1. The topological polar surface area (TPSA) is 59.2 Å². The summed E-state index contributed by atoms with van der Waals surface area (Å²) in [7, 11) is 0. The van der Waals surface area contributed by atoms with Gasteiger partial charge in [-0.1, -0.05) is 32.6 Å². The monoisotopic (exact) mass is 319 g/mol. The molecule has 128 valence electrons. The Balaban J connectivity index is 1.60. The summed E-state index contributed by atoms with van der Waals surface area (Å²) in [6.07, 6.45) is 11.0. The van der Waals surface area contributed by atoms with Gasteiger partial charge in [0.1, 0.15) is 0 Å². The maximum atomic E-state index is 12.2. The molecule has 1 saturated carbocycles. The minimum Gasteiger partial charge on any atom is -0.425 e. The van der Waals surface area contributed by atoms with Crippen LogP contribution in [0.5, 0.6) is 0 Å². The number of nitrogens with zero attached hydrogens (tertiary/aromatic N) is 3. The number of hydrogen-bond acceptors (Lipinski definition) is 4. The maximum absolute atomic E-state index is 12.2. The van der Waals surface area contributed by atoms with E-state index >= 15 is 0 Å². The summed E-state index contributed by atoms with van der Waals surface area (Å²) in [5.74, 6) is 2.53. The Bertz CT molecular complexity index is 508. The Kier molecular flexibility index (Phi) is 5.68. The first-order chi connectivity index (χ1) is 11.3. The zero-order valence-electron chi connectivity index (χ0n) is 14.3. The lowest BCUT2D eigenvalue weighted by Crippen LogP contribution is -2.39. The molecular weight excluding hydrogens is 290 g/mol. The summed E-state index contributed by atoms with van der Waals surface area (Å²) in [4.78, 5) is 14.2. The van der Waals surface area contributed by atoms with Crippen molar-refractivity contribution < 1.29 is 9.21 Å². The van der Waals surface area contributed by atoms with Crippen molar-refractivity contribution in [3.63, 3.8) is 0 Å². The average Bonchev–Trinajstić information content (AvgIpc) is 3.11. The van der Waals surface area contributed by atoms with Crippen LogP contribution in [0.2, 0.25) is 0 Å². The number of hydrogen-bond donors (Lipinski definition) is 0. The smallest absolute Gasteiger partial charge is 0.222 e. The third kappa shape index (κ3) is 4.12. The predicted molar refractivity (Wildman–Crippen MR) is 88.2 cm³/mol. The summed E-state index contributed by atoms with van der Waals surface area (Å²) in [6.45, 7) is 3.75. The van der Waals surface area contributed by atoms with Gasteiger partial charge < -0.3 is 9.32 Å². The fourth-order valence-electron chi connectivity index (χ4n) is 3.82. The van der Waals surface area contributed by atoms with E-state index in [4.69, 9.17) is 4.42 Å². The van der Waals surface area contributed by atoms with Crippen LogP contribution in [0.15, 0.2) is 4.42 Å². The van der Waals surface area contributed by atoms with Crippen LogP contribution in [0.3, 0.4) is 0 Å². The lowest BCUT2D eigenvalue weighted by molar-refractivity contribution is -0.132. The second-order valence-electron chi connectivity index (χ2n) is 7.10. The van der Waals surface area contributed by atoms with Crippen LogP contribution in [0, 0.1) is 0 Å². The summed E-state index contributed by atoms with van der Waals surface area (Å²) >= 11 is 0. The largest absolute Gasteiger partial charge is 0.425 e. The number of piperidine rings is 1. The molecule has 1 aliphatic heterocycles. The van der Waals surface area contributed by atoms with Crippen LogP contribution < -0.4 is 0 Å². The Labute approximate surface area is 138 Å². The molecule has 1 amide bonds. The molecule has 2 heterocycles. The summed E-state index contributed by atoms with van der Waals surface area (Å²) in [5, 5.41) is 8.63. The molecule has 1 unspecified atom stereocenters. The van der Waals surface area contributed by atoms with Crippen molar-refractivity contribution in [2.24, 2.45) is 0 Å². The SMILES string of the molecule is CCCCC(=O)N1CCCC(c2nnc(C3CCCCC3)o2)C1. The second kappa shape index (κ2) is 7.93. The minimum atomic E-state index is 0.221. The van der Waals surface area contributed by atoms with Gasteiger partial charge in [0.25, 0.3) is 0 Å². The van der Waals surface area contributed by atoms with Gasteiger partial charge in [-0.2, -0.15) is 0 Å². The van der Waals surface area contributed by atoms with E-state index < -0.39 is 0 Å². The predicted octanol–water partition coefficient (Wildman–Crippen LogP) is 4.01. The minimum absolute atomic E-state index is 0.221. The second-order valence-corrected chi connectivity index (χ2v) is 7.10. The van der Waals surface area contributed by atoms with Crippen molar-refractivity contribution in [1.29, 1.82) is 0 Å². The van der Waals surface area contributed by atoms with Crippen LogP contribution >= 0.6 is 0 Å². The Morgan fingerprint density at radius 1 is 1.09 bits per heavy atom. The molecule has 1 aromatic rings. The molecule has 5 nitrogen and oxygen atoms in total. The normalized spacial score (nSPS) is 23.2. The molecular formula is C18H29N3O2. The van der Waals surface area contributed by atoms with Gasteiger partial charge >= 0.3 is 0 Å². The van der Waals surface area contributed by atoms with Crippen molar-refractivity contribution >= 4 is 5.91 Å². The van der Waals surface area contributed by atoms with Gasteiger partial charge in [0.05, 0.1) is 5.92 Å². The quantitative estimate of drug-likeness (QED) is 0.822. The van der Waals surface area contributed by atoms with E-state index in [0.29, 0.717) is 12.3 Å². The van der Waals surface area contributed by atoms with Gasteiger partial charge in [0.2, 0.25) is 17.7 Å². The van der Waals surface area contributed by atoms with Crippen molar-refractivity contribution in [3.8, 4) is 0 Å². The zero-order valence-corrected chi connectivity index (χ0v) is 14.3. The molecule has 23 heavy (non-hydrogen) atoms. The average molecular weight is 319 g/mol. The number of aromatic nitrogens is 2. The molecule has 5 heteroatoms. The fourth-order valence-corrected chi connectivity index (χ4v) is 3.82. The van der Waals surface area contributed by atoms with Crippen LogP contribution in [0.1, 0.15) is 94.7 Å². The van der Waals surface area contributed by atoms with E-state index in [9.17, 15) is 4.79 Å². The molecule has 0 aromatic carbocycles. The van der Waals surface area contributed by atoms with Gasteiger partial charge in [-0.25, -0.2) is 0 Å². The highest BCUT2D eigenvalue weighted by Gasteiger charge is 2.29. The Morgan fingerprint density at radius 2 is 1.78 bits per heavy atom. The number of amides is 1. The van der Waals surface area contributed by atoms with Gasteiger partial charge in [-0.3, -0.25) is 4.79 Å². The van der Waals surface area contributed by atoms with E-state index in [1.165, 1.54) is 32.1 Å². The maximum Gasteiger partial charge on any atom is 0.222 e. The van der Waals surface area contributed by atoms with Gasteiger partial charge in [-0.05, 0) is 32.1 Å². The van der Waals surface area contributed by atoms with E-state index in [2.05, 4.69) is 17.1 Å². The third-order valence-electron chi connectivity index (χ3n) is 5.28. The molecule has 2 aliphatic rings. The number of carbonyl (C=O) groups is 1. The first kappa shape index (κ1) is 16.5. The standard InChI is InChI=1S/C18H29N3O2/c1-2-3-11-16(22)21-12-7-10-15(13-21)18-20-19-17(23-18)14-8-5-4-6-9-14/h14-15H,2-13H2,1H3. The lowest BCUT2D eigenvalue weighted by Gasteiger charge is -2.31. The highest BCUT2D eigenvalue weighted by atomic mass is 16.4. The molecule has 0 bridgehead atoms. The van der Waals surface area contributed by atoms with Gasteiger partial charge in [-0.15, -0.1) is 10.2 Å². The molecule has 3 rings (SSSR count). The van der Waals surface area contributed by atoms with Crippen LogP contribution in [-0.2, 0) is 4.79 Å². The van der Waals surface area contributed by atoms with E-state index in [1.54, 1.807) is 0 Å². The van der Waals surface area contributed by atoms with E-state index in [-0.39, 0.29) is 11.8 Å². The molecule has 1 atom stereocenters. The van der Waals surface area contributed by atoms with Gasteiger partial charge in [0, 0.05) is 25.4 Å². The molecule has 1 aliphatic carbocycles. The molecule has 2 fully saturated rings. The van der Waals surface area contributed by atoms with E-state index in [1.807, 2.05) is 4.90 Å². The summed E-state index contributed by atoms with van der Waals surface area (Å²) in [5.41, 5.74) is 0. The van der Waals surface area contributed by atoms with Crippen molar-refractivity contribution in [1.82, 2.24) is 15.1 Å². The number of likely N-dealkylation sites (tertiary alicyclic amines) is 1. The van der Waals surface area contributed by atoms with Gasteiger partial charge in [0.15, 0.2) is 0 Å². The van der Waals surface area contributed by atoms with Crippen molar-refractivity contribution in [2.75, 3.05) is 13.1 Å². The lowest BCUT2D eigenvalue weighted by atomic mass is 9.89. The first-order valence-electron chi connectivity index (χ1n) is 9.39. The first-order valence-corrected chi connectivity index (χ1v) is 9.39. The summed E-state index contributed by atoms with van der Waals surface area (Å²) in [6, 6.07) is 0.